The number of hydrogen-bond acceptors (Lipinski definition) is 12. The largest absolute Gasteiger partial charge is 0.493 e. The van der Waals surface area contributed by atoms with E-state index in [4.69, 9.17) is 37.9 Å². The molecule has 14 atom stereocenters. The highest BCUT2D eigenvalue weighted by Gasteiger charge is 2.90. The molecule has 1 aromatic carbocycles. The Labute approximate surface area is 276 Å². The van der Waals surface area contributed by atoms with Crippen LogP contribution in [0.25, 0.3) is 0 Å². The van der Waals surface area contributed by atoms with Gasteiger partial charge in [-0.2, -0.15) is 0 Å². The molecular formula is C35H51NO11. The van der Waals surface area contributed by atoms with Gasteiger partial charge in [0.25, 0.3) is 0 Å². The van der Waals surface area contributed by atoms with Gasteiger partial charge in [-0.1, -0.05) is 6.92 Å². The Hall–Kier alpha value is -2.03. The van der Waals surface area contributed by atoms with Crippen LogP contribution in [0.15, 0.2) is 18.2 Å². The molecule has 7 rings (SSSR count). The standard InChI is InChI=1S/C35H51NO11/c1-9-36-16-32(17-40-2)22(37)13-23(43-5)35-19-14-33(39)24(44-6)15-34(46-8,26(29(35)36)27(45-7)28(32)35)25(19)30(33)47-31(38)18-10-11-20(41-3)21(12-18)42-4/h10-12,19,22-30,37,39H,9,13-17H2,1-8H3/t19-,22-,23+,24+,25-,26+,27+,28-,29-,30-,32+,33+,34-,35+/m1/s1. The Morgan fingerprint density at radius 2 is 1.68 bits per heavy atom. The molecular weight excluding hydrogens is 610 g/mol. The number of esters is 1. The summed E-state index contributed by atoms with van der Waals surface area (Å²) in [5.41, 5.74) is -3.32. The molecule has 5 saturated carbocycles. The summed E-state index contributed by atoms with van der Waals surface area (Å²) in [6.45, 7) is 3.90. The van der Waals surface area contributed by atoms with Gasteiger partial charge in [-0.25, -0.2) is 4.79 Å². The van der Waals surface area contributed by atoms with Crippen molar-refractivity contribution in [1.82, 2.24) is 4.90 Å². The number of piperidine rings is 1. The number of methoxy groups -OCH3 is 7. The molecule has 1 saturated heterocycles. The molecule has 1 aliphatic heterocycles. The van der Waals surface area contributed by atoms with Crippen LogP contribution in [0, 0.1) is 34.5 Å². The van der Waals surface area contributed by atoms with Crippen molar-refractivity contribution in [2.75, 3.05) is 69.5 Å². The van der Waals surface area contributed by atoms with E-state index in [1.165, 1.54) is 14.2 Å². The number of aliphatic hydroxyl groups is 2. The molecule has 6 aliphatic rings. The fourth-order valence-electron chi connectivity index (χ4n) is 12.5. The maximum atomic E-state index is 14.0. The maximum Gasteiger partial charge on any atom is 0.338 e. The number of rotatable bonds is 11. The molecule has 7 bridgehead atoms. The maximum absolute atomic E-state index is 14.0. The average molecular weight is 662 g/mol. The van der Waals surface area contributed by atoms with Crippen molar-refractivity contribution in [3.63, 3.8) is 0 Å². The Morgan fingerprint density at radius 3 is 2.28 bits per heavy atom. The summed E-state index contributed by atoms with van der Waals surface area (Å²) in [6.07, 6.45) is -1.83. The lowest BCUT2D eigenvalue weighted by Crippen LogP contribution is -2.79. The first kappa shape index (κ1) is 33.5. The van der Waals surface area contributed by atoms with Gasteiger partial charge < -0.3 is 48.1 Å². The van der Waals surface area contributed by atoms with E-state index in [0.29, 0.717) is 43.9 Å². The first-order chi connectivity index (χ1) is 22.6. The van der Waals surface area contributed by atoms with E-state index < -0.39 is 52.2 Å². The summed E-state index contributed by atoms with van der Waals surface area (Å²) in [5, 5.41) is 24.9. The number of hydrogen-bond donors (Lipinski definition) is 2. The normalized spacial score (nSPS) is 47.5. The third-order valence-corrected chi connectivity index (χ3v) is 13.8. The molecule has 1 heterocycles. The molecule has 1 aromatic rings. The van der Waals surface area contributed by atoms with Crippen LogP contribution in [0.3, 0.4) is 0 Å². The minimum absolute atomic E-state index is 0.0359. The van der Waals surface area contributed by atoms with Crippen LogP contribution in [0.2, 0.25) is 0 Å². The number of benzene rings is 1. The van der Waals surface area contributed by atoms with Gasteiger partial charge in [0.15, 0.2) is 11.5 Å². The second kappa shape index (κ2) is 11.5. The molecule has 1 spiro atoms. The topological polar surface area (TPSA) is 135 Å². The van der Waals surface area contributed by atoms with Crippen molar-refractivity contribution >= 4 is 5.97 Å². The van der Waals surface area contributed by atoms with Crippen molar-refractivity contribution in [2.45, 2.75) is 73.9 Å². The second-order valence-electron chi connectivity index (χ2n) is 14.7. The van der Waals surface area contributed by atoms with Gasteiger partial charge >= 0.3 is 5.97 Å². The zero-order chi connectivity index (χ0) is 33.7. The third-order valence-electron chi connectivity index (χ3n) is 13.8. The van der Waals surface area contributed by atoms with E-state index in [1.807, 2.05) is 0 Å². The molecule has 0 amide bonds. The van der Waals surface area contributed by atoms with Crippen molar-refractivity contribution in [2.24, 2.45) is 34.5 Å². The zero-order valence-electron chi connectivity index (χ0n) is 28.8. The lowest BCUT2D eigenvalue weighted by atomic mass is 9.42. The van der Waals surface area contributed by atoms with Gasteiger partial charge in [0.05, 0.1) is 56.4 Å². The number of aliphatic hydroxyl groups excluding tert-OH is 1. The smallest absolute Gasteiger partial charge is 0.338 e. The predicted molar refractivity (Wildman–Crippen MR) is 167 cm³/mol. The number of carbonyl (C=O) groups excluding carboxylic acids is 1. The van der Waals surface area contributed by atoms with E-state index in [-0.39, 0.29) is 41.6 Å². The summed E-state index contributed by atoms with van der Waals surface area (Å²) < 4.78 is 49.2. The van der Waals surface area contributed by atoms with E-state index in [9.17, 15) is 15.0 Å². The van der Waals surface area contributed by atoms with Gasteiger partial charge in [0.2, 0.25) is 0 Å². The molecule has 0 radical (unpaired) electrons. The molecule has 2 N–H and O–H groups in total. The lowest BCUT2D eigenvalue weighted by molar-refractivity contribution is -0.302. The van der Waals surface area contributed by atoms with Crippen molar-refractivity contribution < 1.29 is 52.9 Å². The highest BCUT2D eigenvalue weighted by molar-refractivity contribution is 5.90. The van der Waals surface area contributed by atoms with Gasteiger partial charge in [-0.05, 0) is 37.1 Å². The van der Waals surface area contributed by atoms with E-state index in [1.54, 1.807) is 53.7 Å². The molecule has 12 nitrogen and oxygen atoms in total. The first-order valence-corrected chi connectivity index (χ1v) is 16.8. The summed E-state index contributed by atoms with van der Waals surface area (Å²) in [7, 11) is 11.5. The summed E-state index contributed by atoms with van der Waals surface area (Å²) in [4.78, 5) is 16.5. The van der Waals surface area contributed by atoms with Crippen molar-refractivity contribution in [3.05, 3.63) is 23.8 Å². The molecule has 0 aromatic heterocycles. The Balaban J connectivity index is 1.43. The number of carbonyl (C=O) groups is 1. The Bertz CT molecular complexity index is 1380. The van der Waals surface area contributed by atoms with Crippen LogP contribution in [-0.4, -0.2) is 138 Å². The highest BCUT2D eigenvalue weighted by Crippen LogP contribution is 2.80. The van der Waals surface area contributed by atoms with Gasteiger partial charge in [-0.15, -0.1) is 0 Å². The zero-order valence-corrected chi connectivity index (χ0v) is 28.8. The second-order valence-corrected chi connectivity index (χ2v) is 14.7. The van der Waals surface area contributed by atoms with E-state index >= 15 is 0 Å². The summed E-state index contributed by atoms with van der Waals surface area (Å²) in [5.74, 6) is -0.676. The molecule has 262 valence electrons. The van der Waals surface area contributed by atoms with Crippen molar-refractivity contribution in [1.29, 1.82) is 0 Å². The molecule has 12 heteroatoms. The monoisotopic (exact) mass is 661 g/mol. The van der Waals surface area contributed by atoms with Crippen LogP contribution in [0.4, 0.5) is 0 Å². The molecule has 6 fully saturated rings. The predicted octanol–water partition coefficient (Wildman–Crippen LogP) is 1.78. The van der Waals surface area contributed by atoms with Crippen LogP contribution >= 0.6 is 0 Å². The van der Waals surface area contributed by atoms with Crippen LogP contribution in [0.5, 0.6) is 11.5 Å². The first-order valence-electron chi connectivity index (χ1n) is 16.8. The number of nitrogens with zero attached hydrogens (tertiary/aromatic N) is 1. The van der Waals surface area contributed by atoms with Crippen LogP contribution in [0.1, 0.15) is 36.5 Å². The van der Waals surface area contributed by atoms with Crippen LogP contribution < -0.4 is 9.47 Å². The average Bonchev–Trinajstić information content (AvgIpc) is 3.45. The SMILES string of the molecule is CCN1C[C@]2(COC)[C@H](O)C[C@H](OC)[C@@]34[C@@H]5C[C@]6(O)[C@@H](OC)C[C@@](OC)([C@H]5[C@H]6OC(=O)c5ccc(OC)c(OC)c5)[C@@H]([C@H](OC)[C@H]23)[C@@H]14. The number of fused-ring (bicyclic) bond motifs is 2. The minimum Gasteiger partial charge on any atom is -0.493 e. The number of ether oxygens (including phenoxy) is 8. The Kier molecular flexibility index (Phi) is 8.20. The van der Waals surface area contributed by atoms with E-state index in [0.717, 1.165) is 6.54 Å². The fourth-order valence-corrected chi connectivity index (χ4v) is 12.5. The third kappa shape index (κ3) is 3.90. The lowest BCUT2D eigenvalue weighted by Gasteiger charge is -2.70. The van der Waals surface area contributed by atoms with Crippen molar-refractivity contribution in [3.8, 4) is 11.5 Å². The van der Waals surface area contributed by atoms with E-state index in [2.05, 4.69) is 11.8 Å². The molecule has 47 heavy (non-hydrogen) atoms. The van der Waals surface area contributed by atoms with Gasteiger partial charge in [-0.3, -0.25) is 4.90 Å². The number of likely N-dealkylation sites (tertiary alicyclic amines) is 1. The van der Waals surface area contributed by atoms with Gasteiger partial charge in [0, 0.05) is 89.6 Å². The van der Waals surface area contributed by atoms with Crippen LogP contribution in [-0.2, 0) is 28.4 Å². The summed E-state index contributed by atoms with van der Waals surface area (Å²) in [6, 6.07) is 4.85. The Morgan fingerprint density at radius 1 is 0.957 bits per heavy atom. The highest BCUT2D eigenvalue weighted by atomic mass is 16.6. The molecule has 0 unspecified atom stereocenters. The molecule has 5 aliphatic carbocycles. The summed E-state index contributed by atoms with van der Waals surface area (Å²) >= 11 is 0. The fraction of sp³-hybridized carbons (Fsp3) is 0.800. The van der Waals surface area contributed by atoms with Gasteiger partial charge in [0.1, 0.15) is 11.7 Å². The minimum atomic E-state index is -1.50. The quantitative estimate of drug-likeness (QED) is 0.335.